The number of rotatable bonds is 4. The van der Waals surface area contributed by atoms with Gasteiger partial charge in [0, 0.05) is 12.4 Å². The number of hydrogen-bond acceptors (Lipinski definition) is 5. The highest BCUT2D eigenvalue weighted by Gasteiger charge is 1.86. The molecule has 0 fully saturated rings. The van der Waals surface area contributed by atoms with Gasteiger partial charge in [-0.25, -0.2) is 9.97 Å². The Morgan fingerprint density at radius 2 is 1.76 bits per heavy atom. The molecule has 0 aliphatic heterocycles. The highest BCUT2D eigenvalue weighted by molar-refractivity contribution is 5.57. The number of benzene rings is 1. The number of azo groups is 1. The number of hydrazone groups is 1. The van der Waals surface area contributed by atoms with Crippen LogP contribution in [0.3, 0.4) is 0 Å². The second-order valence-corrected chi connectivity index (χ2v) is 2.99. The van der Waals surface area contributed by atoms with E-state index in [0.717, 1.165) is 5.69 Å². The Bertz CT molecular complexity index is 494. The van der Waals surface area contributed by atoms with Crippen molar-refractivity contribution in [2.24, 2.45) is 15.3 Å². The van der Waals surface area contributed by atoms with Gasteiger partial charge in [-0.2, -0.15) is 5.10 Å². The van der Waals surface area contributed by atoms with Crippen LogP contribution in [0.1, 0.15) is 0 Å². The monoisotopic (exact) mass is 226 g/mol. The minimum atomic E-state index is 0.304. The van der Waals surface area contributed by atoms with Gasteiger partial charge in [-0.1, -0.05) is 18.2 Å². The zero-order chi connectivity index (χ0) is 11.8. The van der Waals surface area contributed by atoms with Crippen LogP contribution in [0.4, 0.5) is 11.6 Å². The first-order valence-electron chi connectivity index (χ1n) is 4.95. The average molecular weight is 226 g/mol. The number of hydrogen-bond donors (Lipinski definition) is 1. The van der Waals surface area contributed by atoms with Crippen LogP contribution in [-0.2, 0) is 0 Å². The molecule has 0 saturated carbocycles. The van der Waals surface area contributed by atoms with Crippen LogP contribution >= 0.6 is 0 Å². The summed E-state index contributed by atoms with van der Waals surface area (Å²) in [4.78, 5) is 7.76. The van der Waals surface area contributed by atoms with Crippen molar-refractivity contribution in [3.63, 3.8) is 0 Å². The maximum absolute atomic E-state index is 3.88. The highest BCUT2D eigenvalue weighted by atomic mass is 15.3. The van der Waals surface area contributed by atoms with Gasteiger partial charge in [0.25, 0.3) is 5.95 Å². The fourth-order valence-electron chi connectivity index (χ4n) is 1.06. The van der Waals surface area contributed by atoms with Crippen molar-refractivity contribution < 1.29 is 0 Å². The van der Waals surface area contributed by atoms with E-state index in [0.29, 0.717) is 5.95 Å². The summed E-state index contributed by atoms with van der Waals surface area (Å²) in [5, 5.41) is 11.3. The van der Waals surface area contributed by atoms with Crippen molar-refractivity contribution in [1.82, 2.24) is 9.97 Å². The van der Waals surface area contributed by atoms with Gasteiger partial charge in [0.2, 0.25) is 0 Å². The number of anilines is 1. The Morgan fingerprint density at radius 1 is 1.00 bits per heavy atom. The first-order chi connectivity index (χ1) is 8.45. The Balaban J connectivity index is 1.85. The van der Waals surface area contributed by atoms with Crippen LogP contribution in [0, 0.1) is 0 Å². The molecule has 0 aliphatic carbocycles. The van der Waals surface area contributed by atoms with Crippen LogP contribution in [-0.4, -0.2) is 16.3 Å². The van der Waals surface area contributed by atoms with E-state index in [1.807, 2.05) is 30.3 Å². The molecular formula is C11H10N6. The summed E-state index contributed by atoms with van der Waals surface area (Å²) in [6, 6.07) is 11.3. The van der Waals surface area contributed by atoms with Crippen molar-refractivity contribution in [2.45, 2.75) is 0 Å². The Hall–Kier alpha value is -2.63. The van der Waals surface area contributed by atoms with Crippen LogP contribution in [0.2, 0.25) is 0 Å². The SMILES string of the molecule is C(=NNc1ccccc1)N=Nc1ncccn1. The van der Waals surface area contributed by atoms with Crippen LogP contribution < -0.4 is 5.43 Å². The standard InChI is InChI=1S/C11H10N6/c1-2-5-10(6-3-1)16-14-9-15-17-11-12-7-4-8-13-11/h1-9,16H. The number of nitrogens with zero attached hydrogens (tertiary/aromatic N) is 5. The van der Waals surface area contributed by atoms with Gasteiger partial charge >= 0.3 is 0 Å². The van der Waals surface area contributed by atoms with Crippen LogP contribution in [0.15, 0.2) is 64.1 Å². The minimum Gasteiger partial charge on any atom is -0.277 e. The van der Waals surface area contributed by atoms with Gasteiger partial charge < -0.3 is 0 Å². The molecule has 2 aromatic rings. The van der Waals surface area contributed by atoms with E-state index in [4.69, 9.17) is 0 Å². The number of para-hydroxylation sites is 1. The van der Waals surface area contributed by atoms with Crippen molar-refractivity contribution >= 4 is 18.0 Å². The van der Waals surface area contributed by atoms with Crippen LogP contribution in [0.5, 0.6) is 0 Å². The molecule has 2 rings (SSSR count). The lowest BCUT2D eigenvalue weighted by Gasteiger charge is -1.95. The zero-order valence-corrected chi connectivity index (χ0v) is 8.93. The number of aromatic nitrogens is 2. The molecule has 1 aromatic carbocycles. The van der Waals surface area contributed by atoms with Crippen molar-refractivity contribution in [2.75, 3.05) is 5.43 Å². The molecule has 0 unspecified atom stereocenters. The predicted molar refractivity (Wildman–Crippen MR) is 65.1 cm³/mol. The van der Waals surface area contributed by atoms with Gasteiger partial charge in [-0.05, 0) is 18.2 Å². The highest BCUT2D eigenvalue weighted by Crippen LogP contribution is 2.04. The van der Waals surface area contributed by atoms with E-state index in [9.17, 15) is 0 Å². The van der Waals surface area contributed by atoms with Gasteiger partial charge in [-0.15, -0.1) is 10.2 Å². The predicted octanol–water partition coefficient (Wildman–Crippen LogP) is 2.62. The summed E-state index contributed by atoms with van der Waals surface area (Å²) < 4.78 is 0. The fourth-order valence-corrected chi connectivity index (χ4v) is 1.06. The molecule has 1 N–H and O–H groups in total. The summed E-state index contributed by atoms with van der Waals surface area (Å²) in [6.07, 6.45) is 4.49. The first-order valence-corrected chi connectivity index (χ1v) is 4.95. The molecule has 84 valence electrons. The molecule has 0 amide bonds. The van der Waals surface area contributed by atoms with E-state index >= 15 is 0 Å². The average Bonchev–Trinajstić information content (AvgIpc) is 2.41. The summed E-state index contributed by atoms with van der Waals surface area (Å²) in [6.45, 7) is 0. The second-order valence-electron chi connectivity index (χ2n) is 2.99. The van der Waals surface area contributed by atoms with Crippen molar-refractivity contribution in [3.05, 3.63) is 48.8 Å². The van der Waals surface area contributed by atoms with Gasteiger partial charge in [0.15, 0.2) is 6.34 Å². The Kier molecular flexibility index (Phi) is 3.88. The Morgan fingerprint density at radius 3 is 2.53 bits per heavy atom. The van der Waals surface area contributed by atoms with Gasteiger partial charge in [0.05, 0.1) is 5.69 Å². The molecule has 0 aliphatic rings. The summed E-state index contributed by atoms with van der Waals surface area (Å²) in [7, 11) is 0. The zero-order valence-electron chi connectivity index (χ0n) is 8.93. The maximum atomic E-state index is 3.88. The lowest BCUT2D eigenvalue weighted by atomic mass is 10.3. The molecule has 0 atom stereocenters. The molecule has 6 heteroatoms. The van der Waals surface area contributed by atoms with E-state index < -0.39 is 0 Å². The second kappa shape index (κ2) is 6.06. The lowest BCUT2D eigenvalue weighted by Crippen LogP contribution is -1.86. The summed E-state index contributed by atoms with van der Waals surface area (Å²) in [5.41, 5.74) is 3.69. The van der Waals surface area contributed by atoms with E-state index in [-0.39, 0.29) is 0 Å². The minimum absolute atomic E-state index is 0.304. The molecule has 1 heterocycles. The van der Waals surface area contributed by atoms with Crippen molar-refractivity contribution in [1.29, 1.82) is 0 Å². The fraction of sp³-hybridized carbons (Fsp3) is 0. The molecular weight excluding hydrogens is 216 g/mol. The molecule has 0 bridgehead atoms. The topological polar surface area (TPSA) is 74.9 Å². The normalized spacial score (nSPS) is 11.1. The van der Waals surface area contributed by atoms with E-state index in [2.05, 4.69) is 30.7 Å². The first kappa shape index (κ1) is 10.9. The van der Waals surface area contributed by atoms with Gasteiger partial charge in [0.1, 0.15) is 0 Å². The largest absolute Gasteiger partial charge is 0.277 e. The smallest absolute Gasteiger partial charge is 0.268 e. The van der Waals surface area contributed by atoms with Gasteiger partial charge in [-0.3, -0.25) is 5.43 Å². The van der Waals surface area contributed by atoms with E-state index in [1.54, 1.807) is 18.5 Å². The third-order valence-corrected chi connectivity index (χ3v) is 1.78. The maximum Gasteiger partial charge on any atom is 0.268 e. The molecule has 17 heavy (non-hydrogen) atoms. The molecule has 6 nitrogen and oxygen atoms in total. The van der Waals surface area contributed by atoms with Crippen LogP contribution in [0.25, 0.3) is 0 Å². The molecule has 1 aromatic heterocycles. The summed E-state index contributed by atoms with van der Waals surface area (Å²) in [5.74, 6) is 0.304. The number of nitrogens with one attached hydrogen (secondary N) is 1. The van der Waals surface area contributed by atoms with Crippen molar-refractivity contribution in [3.8, 4) is 0 Å². The third kappa shape index (κ3) is 3.78. The molecule has 0 spiro atoms. The molecule has 0 radical (unpaired) electrons. The lowest BCUT2D eigenvalue weighted by molar-refractivity contribution is 1.08. The quantitative estimate of drug-likeness (QED) is 0.377. The third-order valence-electron chi connectivity index (χ3n) is 1.78. The van der Waals surface area contributed by atoms with E-state index in [1.165, 1.54) is 6.34 Å². The Labute approximate surface area is 98.2 Å². The summed E-state index contributed by atoms with van der Waals surface area (Å²) >= 11 is 0. The molecule has 0 saturated heterocycles.